The molecule has 0 fully saturated rings. The normalized spacial score (nSPS) is 16.4. The Morgan fingerprint density at radius 1 is 1.19 bits per heavy atom. The van der Waals surface area contributed by atoms with Gasteiger partial charge in [0.25, 0.3) is 5.91 Å². The van der Waals surface area contributed by atoms with Crippen molar-refractivity contribution in [3.8, 4) is 0 Å². The van der Waals surface area contributed by atoms with Crippen molar-refractivity contribution in [1.82, 2.24) is 4.98 Å². The van der Waals surface area contributed by atoms with Crippen LogP contribution in [0.3, 0.4) is 0 Å². The third-order valence-electron chi connectivity index (χ3n) is 5.44. The van der Waals surface area contributed by atoms with Gasteiger partial charge < -0.3 is 5.11 Å². The molecule has 32 heavy (non-hydrogen) atoms. The molecule has 0 saturated heterocycles. The number of aryl methyl sites for hydroxylation is 1. The summed E-state index contributed by atoms with van der Waals surface area (Å²) in [5.74, 6) is -2.17. The van der Waals surface area contributed by atoms with Crippen LogP contribution < -0.4 is 4.90 Å². The van der Waals surface area contributed by atoms with E-state index in [1.807, 2.05) is 18.2 Å². The number of thiophene rings is 1. The zero-order chi connectivity index (χ0) is 22.4. The third-order valence-corrected chi connectivity index (χ3v) is 7.33. The van der Waals surface area contributed by atoms with E-state index in [1.165, 1.54) is 51.8 Å². The van der Waals surface area contributed by atoms with E-state index in [2.05, 4.69) is 11.9 Å². The molecule has 1 amide bonds. The van der Waals surface area contributed by atoms with Crippen molar-refractivity contribution in [1.29, 1.82) is 0 Å². The highest BCUT2D eigenvalue weighted by Crippen LogP contribution is 2.44. The number of benzene rings is 2. The maximum absolute atomic E-state index is 13.6. The van der Waals surface area contributed by atoms with Gasteiger partial charge in [-0.2, -0.15) is 0 Å². The molecular formula is C24H17FN2O3S2. The number of amides is 1. The number of aliphatic hydroxyl groups excluding tert-OH is 1. The van der Waals surface area contributed by atoms with Gasteiger partial charge in [0.15, 0.2) is 10.9 Å². The number of anilines is 1. The summed E-state index contributed by atoms with van der Waals surface area (Å²) in [6.07, 6.45) is 0.867. The Morgan fingerprint density at radius 3 is 2.66 bits per heavy atom. The molecule has 2 aromatic carbocycles. The molecule has 8 heteroatoms. The van der Waals surface area contributed by atoms with Gasteiger partial charge in [-0.05, 0) is 53.3 Å². The van der Waals surface area contributed by atoms with Gasteiger partial charge in [-0.25, -0.2) is 9.37 Å². The van der Waals surface area contributed by atoms with Crippen molar-refractivity contribution >= 4 is 49.7 Å². The molecule has 4 aromatic rings. The molecule has 0 radical (unpaired) electrons. The van der Waals surface area contributed by atoms with Crippen molar-refractivity contribution in [2.24, 2.45) is 0 Å². The zero-order valence-corrected chi connectivity index (χ0v) is 18.5. The molecule has 2 aromatic heterocycles. The number of carbonyl (C=O) groups is 2. The number of aliphatic hydroxyl groups is 1. The lowest BCUT2D eigenvalue weighted by atomic mass is 9.95. The highest BCUT2D eigenvalue weighted by Gasteiger charge is 2.46. The number of thiazole rings is 1. The molecule has 5 nitrogen and oxygen atoms in total. The number of hydrogen-bond donors (Lipinski definition) is 1. The van der Waals surface area contributed by atoms with Gasteiger partial charge in [-0.3, -0.25) is 14.5 Å². The molecule has 0 spiro atoms. The monoisotopic (exact) mass is 464 g/mol. The minimum Gasteiger partial charge on any atom is -0.503 e. The highest BCUT2D eigenvalue weighted by molar-refractivity contribution is 7.22. The quantitative estimate of drug-likeness (QED) is 0.377. The topological polar surface area (TPSA) is 70.5 Å². The van der Waals surface area contributed by atoms with Crippen LogP contribution in [0.5, 0.6) is 0 Å². The Kier molecular flexibility index (Phi) is 5.11. The average Bonchev–Trinajstić information content (AvgIpc) is 3.52. The molecule has 160 valence electrons. The molecule has 0 bridgehead atoms. The Balaban J connectivity index is 1.67. The molecule has 0 saturated carbocycles. The van der Waals surface area contributed by atoms with Gasteiger partial charge in [0.05, 0.1) is 26.7 Å². The van der Waals surface area contributed by atoms with Crippen LogP contribution in [0, 0.1) is 5.82 Å². The maximum atomic E-state index is 13.6. The number of hydrogen-bond acceptors (Lipinski definition) is 6. The first-order chi connectivity index (χ1) is 15.5. The minimum atomic E-state index is -0.913. The highest BCUT2D eigenvalue weighted by atomic mass is 32.1. The summed E-state index contributed by atoms with van der Waals surface area (Å²) in [6, 6.07) is 13.9. The number of fused-ring (bicyclic) bond motifs is 1. The maximum Gasteiger partial charge on any atom is 0.296 e. The lowest BCUT2D eigenvalue weighted by molar-refractivity contribution is -0.117. The number of carbonyl (C=O) groups excluding carboxylic acids is 2. The number of halogens is 1. The van der Waals surface area contributed by atoms with Crippen LogP contribution in [0.15, 0.2) is 71.3 Å². The van der Waals surface area contributed by atoms with Crippen molar-refractivity contribution in [2.45, 2.75) is 19.4 Å². The second-order valence-electron chi connectivity index (χ2n) is 7.35. The van der Waals surface area contributed by atoms with E-state index in [4.69, 9.17) is 0 Å². The summed E-state index contributed by atoms with van der Waals surface area (Å²) in [6.45, 7) is 2.06. The molecule has 3 heterocycles. The molecule has 1 N–H and O–H groups in total. The number of Topliss-reactive ketones (excluding diaryl/α,β-unsaturated/α-hetero) is 1. The smallest absolute Gasteiger partial charge is 0.296 e. The number of rotatable bonds is 5. The molecule has 1 atom stereocenters. The van der Waals surface area contributed by atoms with Crippen LogP contribution in [0.2, 0.25) is 0 Å². The fourth-order valence-corrected chi connectivity index (χ4v) is 5.55. The molecule has 1 aliphatic heterocycles. The average molecular weight is 465 g/mol. The van der Waals surface area contributed by atoms with E-state index in [9.17, 15) is 19.1 Å². The molecular weight excluding hydrogens is 447 g/mol. The fourth-order valence-electron chi connectivity index (χ4n) is 3.82. The van der Waals surface area contributed by atoms with Crippen LogP contribution in [0.4, 0.5) is 9.52 Å². The first kappa shape index (κ1) is 20.5. The summed E-state index contributed by atoms with van der Waals surface area (Å²) in [5, 5.41) is 12.9. The molecule has 0 aliphatic carbocycles. The second-order valence-corrected chi connectivity index (χ2v) is 9.31. The van der Waals surface area contributed by atoms with Crippen LogP contribution in [-0.4, -0.2) is 21.8 Å². The molecule has 5 rings (SSSR count). The minimum absolute atomic E-state index is 0.0300. The van der Waals surface area contributed by atoms with Crippen molar-refractivity contribution in [2.75, 3.05) is 4.90 Å². The SMILES string of the molecule is CCc1ccc2nc(N3C(=O)C(O)=C(C(=O)c4cccs4)C3c3ccc(F)cc3)sc2c1. The van der Waals surface area contributed by atoms with E-state index in [0.29, 0.717) is 15.6 Å². The van der Waals surface area contributed by atoms with Gasteiger partial charge >= 0.3 is 0 Å². The lowest BCUT2D eigenvalue weighted by Crippen LogP contribution is -2.30. The van der Waals surface area contributed by atoms with Gasteiger partial charge in [0, 0.05) is 0 Å². The molecule has 1 unspecified atom stereocenters. The van der Waals surface area contributed by atoms with Gasteiger partial charge in [0.1, 0.15) is 5.82 Å². The van der Waals surface area contributed by atoms with E-state index in [-0.39, 0.29) is 5.57 Å². The molecule has 1 aliphatic rings. The van der Waals surface area contributed by atoms with Gasteiger partial charge in [-0.1, -0.05) is 42.5 Å². The number of nitrogens with zero attached hydrogens (tertiary/aromatic N) is 2. The predicted octanol–water partition coefficient (Wildman–Crippen LogP) is 5.84. The van der Waals surface area contributed by atoms with E-state index >= 15 is 0 Å². The fraction of sp³-hybridized carbons (Fsp3) is 0.125. The summed E-state index contributed by atoms with van der Waals surface area (Å²) in [5.41, 5.74) is 2.35. The second kappa shape index (κ2) is 7.96. The lowest BCUT2D eigenvalue weighted by Gasteiger charge is -2.24. The predicted molar refractivity (Wildman–Crippen MR) is 124 cm³/mol. The van der Waals surface area contributed by atoms with E-state index in [0.717, 1.165) is 22.2 Å². The standard InChI is InChI=1S/C24H17FN2O3S2/c1-2-13-5-10-16-18(12-13)32-24(26-16)27-20(14-6-8-15(25)9-7-14)19(22(29)23(27)30)21(28)17-4-3-11-31-17/h3-12,20,29H,2H2,1H3. The number of aromatic nitrogens is 1. The Bertz CT molecular complexity index is 1370. The van der Waals surface area contributed by atoms with Crippen LogP contribution in [0.25, 0.3) is 10.2 Å². The van der Waals surface area contributed by atoms with E-state index in [1.54, 1.807) is 17.5 Å². The van der Waals surface area contributed by atoms with Crippen molar-refractivity contribution < 1.29 is 19.1 Å². The van der Waals surface area contributed by atoms with Crippen LogP contribution in [0.1, 0.15) is 33.8 Å². The zero-order valence-electron chi connectivity index (χ0n) is 16.9. The van der Waals surface area contributed by atoms with Gasteiger partial charge in [-0.15, -0.1) is 11.3 Å². The van der Waals surface area contributed by atoms with Crippen LogP contribution >= 0.6 is 22.7 Å². The van der Waals surface area contributed by atoms with E-state index < -0.39 is 29.3 Å². The summed E-state index contributed by atoms with van der Waals surface area (Å²) in [7, 11) is 0. The number of ketones is 1. The first-order valence-corrected chi connectivity index (χ1v) is 11.7. The van der Waals surface area contributed by atoms with Crippen molar-refractivity contribution in [3.05, 3.63) is 93.1 Å². The summed E-state index contributed by atoms with van der Waals surface area (Å²) < 4.78 is 14.5. The third kappa shape index (κ3) is 3.32. The first-order valence-electron chi connectivity index (χ1n) is 9.97. The van der Waals surface area contributed by atoms with Gasteiger partial charge in [0.2, 0.25) is 5.78 Å². The Hall–Kier alpha value is -3.36. The Labute approximate surface area is 191 Å². The summed E-state index contributed by atoms with van der Waals surface area (Å²) in [4.78, 5) is 32.8. The van der Waals surface area contributed by atoms with Crippen LogP contribution in [-0.2, 0) is 11.2 Å². The summed E-state index contributed by atoms with van der Waals surface area (Å²) >= 11 is 2.54. The Morgan fingerprint density at radius 2 is 1.97 bits per heavy atom. The van der Waals surface area contributed by atoms with Crippen molar-refractivity contribution in [3.63, 3.8) is 0 Å². The largest absolute Gasteiger partial charge is 0.503 e.